The summed E-state index contributed by atoms with van der Waals surface area (Å²) in [6, 6.07) is 9.08. The van der Waals surface area contributed by atoms with Crippen LogP contribution in [0.5, 0.6) is 0 Å². The number of benzene rings is 2. The number of rotatable bonds is 4. The zero-order valence-electron chi connectivity index (χ0n) is 15.8. The summed E-state index contributed by atoms with van der Waals surface area (Å²) >= 11 is 7.93. The van der Waals surface area contributed by atoms with E-state index in [0.717, 1.165) is 16.2 Å². The third kappa shape index (κ3) is 3.58. The second-order valence-electron chi connectivity index (χ2n) is 7.50. The Kier molecular flexibility index (Phi) is 5.28. The lowest BCUT2D eigenvalue weighted by molar-refractivity contribution is -0.137. The molecule has 0 spiro atoms. The molecule has 0 aliphatic carbocycles. The number of aromatic nitrogens is 1. The van der Waals surface area contributed by atoms with Crippen molar-refractivity contribution in [2.75, 3.05) is 5.75 Å². The Morgan fingerprint density at radius 3 is 2.44 bits per heavy atom. The Bertz CT molecular complexity index is 1110. The summed E-state index contributed by atoms with van der Waals surface area (Å²) in [5, 5.41) is 11.1. The molecule has 0 bridgehead atoms. The van der Waals surface area contributed by atoms with Gasteiger partial charge < -0.3 is 9.67 Å². The summed E-state index contributed by atoms with van der Waals surface area (Å²) in [7, 11) is 0. The molecule has 0 saturated heterocycles. The number of nitrogens with zero attached hydrogens (tertiary/aromatic N) is 1. The molecule has 0 atom stereocenters. The Morgan fingerprint density at radius 1 is 1.19 bits per heavy atom. The number of carboxylic acid groups (broad SMARTS) is 1. The molecule has 2 aromatic carbocycles. The third-order valence-electron chi connectivity index (χ3n) is 4.58. The summed E-state index contributed by atoms with van der Waals surface area (Å²) in [4.78, 5) is 25.5. The van der Waals surface area contributed by atoms with Gasteiger partial charge in [-0.2, -0.15) is 0 Å². The van der Waals surface area contributed by atoms with Gasteiger partial charge in [0.15, 0.2) is 5.43 Å². The molecule has 27 heavy (non-hydrogen) atoms. The van der Waals surface area contributed by atoms with Crippen LogP contribution in [-0.2, 0) is 16.8 Å². The fourth-order valence-electron chi connectivity index (χ4n) is 3.26. The normalized spacial score (nSPS) is 12.0. The number of hydrogen-bond donors (Lipinski definition) is 1. The van der Waals surface area contributed by atoms with Crippen LogP contribution in [0.1, 0.15) is 33.3 Å². The zero-order valence-corrected chi connectivity index (χ0v) is 17.4. The van der Waals surface area contributed by atoms with E-state index < -0.39 is 5.97 Å². The number of carbonyl (C=O) groups is 1. The van der Waals surface area contributed by atoms with Crippen molar-refractivity contribution in [3.8, 4) is 0 Å². The summed E-state index contributed by atoms with van der Waals surface area (Å²) < 4.78 is 1.72. The van der Waals surface area contributed by atoms with Crippen LogP contribution in [0, 0.1) is 0 Å². The van der Waals surface area contributed by atoms with E-state index in [0.29, 0.717) is 26.8 Å². The molecule has 0 unspecified atom stereocenters. The first-order chi connectivity index (χ1) is 12.6. The minimum Gasteiger partial charge on any atom is -0.480 e. The second kappa shape index (κ2) is 7.21. The molecular formula is C21H22ClNO3S. The van der Waals surface area contributed by atoms with Gasteiger partial charge in [0.25, 0.3) is 0 Å². The lowest BCUT2D eigenvalue weighted by Crippen LogP contribution is -2.18. The predicted octanol–water partition coefficient (Wildman–Crippen LogP) is 5.30. The van der Waals surface area contributed by atoms with Crippen LogP contribution >= 0.6 is 23.4 Å². The summed E-state index contributed by atoms with van der Waals surface area (Å²) in [6.07, 6.45) is 0. The third-order valence-corrected chi connectivity index (χ3v) is 6.00. The highest BCUT2D eigenvalue weighted by atomic mass is 35.5. The fraction of sp³-hybridized carbons (Fsp3) is 0.333. The monoisotopic (exact) mass is 403 g/mol. The first-order valence-electron chi connectivity index (χ1n) is 8.79. The van der Waals surface area contributed by atoms with E-state index in [2.05, 4.69) is 20.8 Å². The highest BCUT2D eigenvalue weighted by Gasteiger charge is 2.20. The number of halogens is 1. The van der Waals surface area contributed by atoms with Crippen LogP contribution in [0.15, 0.2) is 40.0 Å². The lowest BCUT2D eigenvalue weighted by Gasteiger charge is -2.22. The van der Waals surface area contributed by atoms with Crippen LogP contribution in [0.4, 0.5) is 0 Å². The molecule has 0 radical (unpaired) electrons. The van der Waals surface area contributed by atoms with Gasteiger partial charge in [0.05, 0.1) is 21.0 Å². The molecule has 3 aromatic rings. The van der Waals surface area contributed by atoms with E-state index in [1.165, 1.54) is 11.8 Å². The van der Waals surface area contributed by atoms with Crippen molar-refractivity contribution in [1.82, 2.24) is 4.57 Å². The van der Waals surface area contributed by atoms with Gasteiger partial charge in [0.2, 0.25) is 0 Å². The number of aliphatic carboxylic acids is 1. The Hall–Kier alpha value is -1.98. The smallest absolute Gasteiger partial charge is 0.323 e. The summed E-state index contributed by atoms with van der Waals surface area (Å²) in [6.45, 7) is 8.02. The molecule has 3 rings (SSSR count). The average Bonchev–Trinajstić information content (AvgIpc) is 2.59. The maximum atomic E-state index is 13.1. The van der Waals surface area contributed by atoms with Gasteiger partial charge in [-0.3, -0.25) is 9.59 Å². The van der Waals surface area contributed by atoms with Gasteiger partial charge in [-0.25, -0.2) is 0 Å². The van der Waals surface area contributed by atoms with Gasteiger partial charge in [0, 0.05) is 10.8 Å². The van der Waals surface area contributed by atoms with Gasteiger partial charge in [-0.15, -0.1) is 11.8 Å². The van der Waals surface area contributed by atoms with Crippen molar-refractivity contribution in [3.05, 3.63) is 51.1 Å². The molecule has 0 fully saturated rings. The number of carboxylic acids is 1. The summed E-state index contributed by atoms with van der Waals surface area (Å²) in [5.74, 6) is -0.199. The molecule has 1 heterocycles. The fourth-order valence-corrected chi connectivity index (χ4v) is 4.43. The maximum absolute atomic E-state index is 13.1. The first kappa shape index (κ1) is 19.8. The van der Waals surface area contributed by atoms with Crippen LogP contribution in [0.3, 0.4) is 0 Å². The molecule has 0 aliphatic rings. The maximum Gasteiger partial charge on any atom is 0.323 e. The number of hydrogen-bond acceptors (Lipinski definition) is 3. The number of thioether (sulfide) groups is 1. The van der Waals surface area contributed by atoms with Crippen molar-refractivity contribution in [2.45, 2.75) is 44.6 Å². The van der Waals surface area contributed by atoms with Crippen molar-refractivity contribution >= 4 is 51.1 Å². The minimum atomic E-state index is -0.963. The Morgan fingerprint density at radius 2 is 1.85 bits per heavy atom. The largest absolute Gasteiger partial charge is 0.480 e. The lowest BCUT2D eigenvalue weighted by atomic mass is 9.86. The average molecular weight is 404 g/mol. The van der Waals surface area contributed by atoms with Crippen LogP contribution in [-0.4, -0.2) is 21.4 Å². The Labute approximate surface area is 167 Å². The molecule has 0 saturated carbocycles. The number of pyridine rings is 1. The molecule has 0 aliphatic heterocycles. The summed E-state index contributed by atoms with van der Waals surface area (Å²) in [5.41, 5.74) is 2.04. The standard InChI is InChI=1S/C21H22ClNO3S/c1-5-27-20-15(22)9-8-14-18(20)23(11-17(24)25)16-10-12(21(2,3)4)6-7-13(16)19(14)26/h6-10H,5,11H2,1-4H3,(H,24,25). The first-order valence-corrected chi connectivity index (χ1v) is 10.2. The van der Waals surface area contributed by atoms with Gasteiger partial charge in [0.1, 0.15) is 6.54 Å². The number of fused-ring (bicyclic) bond motifs is 2. The molecule has 0 amide bonds. The van der Waals surface area contributed by atoms with E-state index in [4.69, 9.17) is 11.6 Å². The Balaban J connectivity index is 2.57. The van der Waals surface area contributed by atoms with Crippen molar-refractivity contribution in [3.63, 3.8) is 0 Å². The van der Waals surface area contributed by atoms with E-state index in [9.17, 15) is 14.7 Å². The van der Waals surface area contributed by atoms with Crippen LogP contribution in [0.25, 0.3) is 21.8 Å². The van der Waals surface area contributed by atoms with Crippen molar-refractivity contribution < 1.29 is 9.90 Å². The molecular weight excluding hydrogens is 382 g/mol. The highest BCUT2D eigenvalue weighted by Crippen LogP contribution is 2.36. The highest BCUT2D eigenvalue weighted by molar-refractivity contribution is 7.99. The zero-order chi connectivity index (χ0) is 19.9. The van der Waals surface area contributed by atoms with E-state index >= 15 is 0 Å². The predicted molar refractivity (Wildman–Crippen MR) is 113 cm³/mol. The van der Waals surface area contributed by atoms with E-state index in [1.54, 1.807) is 22.8 Å². The van der Waals surface area contributed by atoms with E-state index in [-0.39, 0.29) is 17.4 Å². The van der Waals surface area contributed by atoms with Gasteiger partial charge >= 0.3 is 5.97 Å². The molecule has 1 aromatic heterocycles. The minimum absolute atomic E-state index is 0.100. The SMILES string of the molecule is CCSc1c(Cl)ccc2c(=O)c3ccc(C(C)(C)C)cc3n(CC(=O)O)c12. The molecule has 4 nitrogen and oxygen atoms in total. The van der Waals surface area contributed by atoms with Gasteiger partial charge in [-0.05, 0) is 41.0 Å². The second-order valence-corrected chi connectivity index (χ2v) is 9.18. The van der Waals surface area contributed by atoms with Crippen LogP contribution in [0.2, 0.25) is 5.02 Å². The van der Waals surface area contributed by atoms with E-state index in [1.807, 2.05) is 19.1 Å². The van der Waals surface area contributed by atoms with Crippen molar-refractivity contribution in [2.24, 2.45) is 0 Å². The van der Waals surface area contributed by atoms with Crippen LogP contribution < -0.4 is 5.43 Å². The quantitative estimate of drug-likeness (QED) is 0.474. The van der Waals surface area contributed by atoms with Gasteiger partial charge in [-0.1, -0.05) is 45.4 Å². The molecule has 142 valence electrons. The molecule has 1 N–H and O–H groups in total. The van der Waals surface area contributed by atoms with Crippen molar-refractivity contribution in [1.29, 1.82) is 0 Å². The molecule has 6 heteroatoms. The topological polar surface area (TPSA) is 59.3 Å².